The average molecular weight is 403 g/mol. The minimum absolute atomic E-state index is 0.0107. The second-order valence-corrected chi connectivity index (χ2v) is 6.86. The largest absolute Gasteiger partial charge is 0.417 e. The lowest BCUT2D eigenvalue weighted by molar-refractivity contribution is 0.111. The molecule has 0 amide bonds. The highest BCUT2D eigenvalue weighted by Gasteiger charge is 2.10. The number of nitrogens with zero attached hydrogens (tertiary/aromatic N) is 6. The fourth-order valence-electron chi connectivity index (χ4n) is 2.86. The Hall–Kier alpha value is -4.01. The lowest BCUT2D eigenvalue weighted by atomic mass is 10.1. The van der Waals surface area contributed by atoms with E-state index in [0.29, 0.717) is 23.2 Å². The van der Waals surface area contributed by atoms with Gasteiger partial charge < -0.3 is 15.0 Å². The minimum atomic E-state index is 0.0107. The summed E-state index contributed by atoms with van der Waals surface area (Å²) in [5.74, 6) is 1.63. The zero-order chi connectivity index (χ0) is 21.1. The summed E-state index contributed by atoms with van der Waals surface area (Å²) in [6, 6.07) is 13.4. The van der Waals surface area contributed by atoms with Gasteiger partial charge in [-0.05, 0) is 51.1 Å². The molecule has 3 aromatic heterocycles. The molecule has 9 nitrogen and oxygen atoms in total. The van der Waals surface area contributed by atoms with Gasteiger partial charge in [-0.25, -0.2) is 9.67 Å². The minimum Gasteiger partial charge on any atom is -0.417 e. The van der Waals surface area contributed by atoms with Crippen LogP contribution in [-0.4, -0.2) is 30.8 Å². The van der Waals surface area contributed by atoms with E-state index in [1.807, 2.05) is 63.2 Å². The Labute approximate surface area is 173 Å². The summed E-state index contributed by atoms with van der Waals surface area (Å²) >= 11 is 0. The van der Waals surface area contributed by atoms with Crippen LogP contribution in [0.4, 0.5) is 0 Å². The molecule has 0 radical (unpaired) electrons. The summed E-state index contributed by atoms with van der Waals surface area (Å²) in [5.41, 5.74) is 10.6. The Kier molecular flexibility index (Phi) is 5.25. The fourth-order valence-corrected chi connectivity index (χ4v) is 2.86. The molecule has 0 unspecified atom stereocenters. The SMILES string of the molecule is Cc1ccc(-c2nnc(CO/N=C(\N)c3ccc(-n4nc(C)cc4C)nc3)o2)cc1. The molecule has 0 bridgehead atoms. The molecular formula is C21H21N7O2. The highest BCUT2D eigenvalue weighted by Crippen LogP contribution is 2.18. The lowest BCUT2D eigenvalue weighted by Crippen LogP contribution is -2.15. The van der Waals surface area contributed by atoms with Crippen LogP contribution in [0.3, 0.4) is 0 Å². The molecule has 9 heteroatoms. The zero-order valence-corrected chi connectivity index (χ0v) is 16.9. The van der Waals surface area contributed by atoms with Crippen LogP contribution >= 0.6 is 0 Å². The third kappa shape index (κ3) is 4.19. The highest BCUT2D eigenvalue weighted by atomic mass is 16.6. The van der Waals surface area contributed by atoms with Crippen molar-refractivity contribution in [3.8, 4) is 17.3 Å². The Morgan fingerprint density at radius 3 is 2.57 bits per heavy atom. The Morgan fingerprint density at radius 2 is 1.90 bits per heavy atom. The van der Waals surface area contributed by atoms with Crippen molar-refractivity contribution in [1.82, 2.24) is 25.0 Å². The summed E-state index contributed by atoms with van der Waals surface area (Å²) < 4.78 is 7.36. The molecule has 4 aromatic rings. The van der Waals surface area contributed by atoms with E-state index in [0.717, 1.165) is 22.5 Å². The van der Waals surface area contributed by atoms with Crippen molar-refractivity contribution >= 4 is 5.84 Å². The van der Waals surface area contributed by atoms with Gasteiger partial charge in [0.25, 0.3) is 5.89 Å². The van der Waals surface area contributed by atoms with Crippen LogP contribution < -0.4 is 5.73 Å². The molecular weight excluding hydrogens is 382 g/mol. The molecule has 3 heterocycles. The molecule has 30 heavy (non-hydrogen) atoms. The van der Waals surface area contributed by atoms with Crippen LogP contribution in [0.5, 0.6) is 0 Å². The first-order chi connectivity index (χ1) is 14.5. The molecule has 0 fully saturated rings. The van der Waals surface area contributed by atoms with Gasteiger partial charge >= 0.3 is 0 Å². The molecule has 0 aliphatic rings. The number of aromatic nitrogens is 5. The average Bonchev–Trinajstić information content (AvgIpc) is 3.34. The summed E-state index contributed by atoms with van der Waals surface area (Å²) in [7, 11) is 0. The highest BCUT2D eigenvalue weighted by molar-refractivity contribution is 5.96. The normalized spacial score (nSPS) is 11.6. The van der Waals surface area contributed by atoms with Crippen molar-refractivity contribution in [1.29, 1.82) is 0 Å². The number of hydrogen-bond donors (Lipinski definition) is 1. The first-order valence-corrected chi connectivity index (χ1v) is 9.34. The van der Waals surface area contributed by atoms with Gasteiger partial charge in [0.1, 0.15) is 0 Å². The maximum absolute atomic E-state index is 5.99. The number of rotatable bonds is 6. The van der Waals surface area contributed by atoms with E-state index >= 15 is 0 Å². The van der Waals surface area contributed by atoms with Crippen LogP contribution in [0, 0.1) is 20.8 Å². The number of benzene rings is 1. The van der Waals surface area contributed by atoms with Crippen LogP contribution in [0.1, 0.15) is 28.4 Å². The van der Waals surface area contributed by atoms with Gasteiger partial charge in [-0.15, -0.1) is 10.2 Å². The molecule has 4 rings (SSSR count). The van der Waals surface area contributed by atoms with Crippen LogP contribution in [0.2, 0.25) is 0 Å². The Morgan fingerprint density at radius 1 is 1.10 bits per heavy atom. The van der Waals surface area contributed by atoms with E-state index < -0.39 is 0 Å². The summed E-state index contributed by atoms with van der Waals surface area (Å²) in [6.07, 6.45) is 1.62. The van der Waals surface area contributed by atoms with Crippen molar-refractivity contribution in [2.45, 2.75) is 27.4 Å². The number of pyridine rings is 1. The molecule has 0 aliphatic heterocycles. The fraction of sp³-hybridized carbons (Fsp3) is 0.190. The van der Waals surface area contributed by atoms with Crippen molar-refractivity contribution in [3.63, 3.8) is 0 Å². The quantitative estimate of drug-likeness (QED) is 0.299. The van der Waals surface area contributed by atoms with Gasteiger partial charge in [-0.1, -0.05) is 22.9 Å². The lowest BCUT2D eigenvalue weighted by Gasteiger charge is -2.05. The summed E-state index contributed by atoms with van der Waals surface area (Å²) in [6.45, 7) is 5.94. The molecule has 152 valence electrons. The molecule has 2 N–H and O–H groups in total. The molecule has 0 aliphatic carbocycles. The predicted molar refractivity (Wildman–Crippen MR) is 111 cm³/mol. The van der Waals surface area contributed by atoms with E-state index in [4.69, 9.17) is 15.0 Å². The van der Waals surface area contributed by atoms with Crippen molar-refractivity contribution in [2.75, 3.05) is 0 Å². The van der Waals surface area contributed by atoms with Gasteiger partial charge in [0.15, 0.2) is 18.3 Å². The molecule has 0 spiro atoms. The van der Waals surface area contributed by atoms with E-state index in [1.165, 1.54) is 0 Å². The summed E-state index contributed by atoms with van der Waals surface area (Å²) in [5, 5.41) is 16.3. The summed E-state index contributed by atoms with van der Waals surface area (Å²) in [4.78, 5) is 9.66. The topological polar surface area (TPSA) is 117 Å². The van der Waals surface area contributed by atoms with Gasteiger partial charge in [-0.3, -0.25) is 0 Å². The molecule has 0 saturated heterocycles. The third-order valence-corrected chi connectivity index (χ3v) is 4.39. The van der Waals surface area contributed by atoms with Crippen LogP contribution in [0.25, 0.3) is 17.3 Å². The number of nitrogens with two attached hydrogens (primary N) is 1. The van der Waals surface area contributed by atoms with E-state index in [-0.39, 0.29) is 12.4 Å². The zero-order valence-electron chi connectivity index (χ0n) is 16.9. The number of aryl methyl sites for hydroxylation is 3. The molecule has 0 saturated carbocycles. The van der Waals surface area contributed by atoms with Crippen LogP contribution in [-0.2, 0) is 11.4 Å². The molecule has 0 atom stereocenters. The maximum atomic E-state index is 5.99. The third-order valence-electron chi connectivity index (χ3n) is 4.39. The van der Waals surface area contributed by atoms with Gasteiger partial charge in [0, 0.05) is 23.0 Å². The van der Waals surface area contributed by atoms with E-state index in [2.05, 4.69) is 25.4 Å². The number of amidine groups is 1. The Balaban J connectivity index is 1.39. The van der Waals surface area contributed by atoms with Gasteiger partial charge in [0.2, 0.25) is 5.89 Å². The first kappa shape index (κ1) is 19.3. The Bertz CT molecular complexity index is 1180. The van der Waals surface area contributed by atoms with E-state index in [1.54, 1.807) is 10.9 Å². The second kappa shape index (κ2) is 8.16. The predicted octanol–water partition coefficient (Wildman–Crippen LogP) is 3.08. The number of hydrogen-bond acceptors (Lipinski definition) is 7. The van der Waals surface area contributed by atoms with Gasteiger partial charge in [0.05, 0.1) is 5.69 Å². The standard InChI is InChI=1S/C21H21N7O2/c1-13-4-6-16(7-5-13)21-25-24-19(30-21)12-29-27-20(22)17-8-9-18(23-11-17)28-15(3)10-14(2)26-28/h4-11H,12H2,1-3H3,(H2,22,27). The van der Waals surface area contributed by atoms with E-state index in [9.17, 15) is 0 Å². The monoisotopic (exact) mass is 403 g/mol. The second-order valence-electron chi connectivity index (χ2n) is 6.86. The smallest absolute Gasteiger partial charge is 0.257 e. The number of oxime groups is 1. The molecule has 1 aromatic carbocycles. The van der Waals surface area contributed by atoms with Gasteiger partial charge in [-0.2, -0.15) is 5.10 Å². The van der Waals surface area contributed by atoms with Crippen LogP contribution in [0.15, 0.2) is 58.2 Å². The van der Waals surface area contributed by atoms with Crippen molar-refractivity contribution < 1.29 is 9.25 Å². The maximum Gasteiger partial charge on any atom is 0.257 e. The van der Waals surface area contributed by atoms with Crippen molar-refractivity contribution in [3.05, 3.63) is 77.1 Å². The van der Waals surface area contributed by atoms with Crippen molar-refractivity contribution in [2.24, 2.45) is 10.9 Å². The first-order valence-electron chi connectivity index (χ1n) is 9.34.